The van der Waals surface area contributed by atoms with Crippen LogP contribution in [0.4, 0.5) is 0 Å². The molecular formula is C23H27N3O4S. The van der Waals surface area contributed by atoms with Crippen LogP contribution in [-0.2, 0) is 16.1 Å². The standard InChI is InChI=1S/C23H27N3O4S/c1-16-8-12-31-19(16)13-25(2)21(28)14-26-11-10-23(9-7-20(26)27)15-24-22(29)17-5-3-4-6-18(17)30-23/h3-6,8,12H,7,9-11,13-15H2,1-2H3,(H,24,29). The summed E-state index contributed by atoms with van der Waals surface area (Å²) in [6, 6.07) is 9.21. The highest BCUT2D eigenvalue weighted by molar-refractivity contribution is 7.10. The summed E-state index contributed by atoms with van der Waals surface area (Å²) >= 11 is 1.63. The molecule has 1 atom stereocenters. The molecule has 1 aromatic carbocycles. The van der Waals surface area contributed by atoms with Crippen LogP contribution >= 0.6 is 11.3 Å². The van der Waals surface area contributed by atoms with Crippen LogP contribution in [0.5, 0.6) is 5.75 Å². The molecule has 31 heavy (non-hydrogen) atoms. The van der Waals surface area contributed by atoms with Crippen molar-refractivity contribution >= 4 is 29.1 Å². The number of nitrogens with zero attached hydrogens (tertiary/aromatic N) is 2. The number of hydrogen-bond donors (Lipinski definition) is 1. The van der Waals surface area contributed by atoms with Crippen molar-refractivity contribution in [2.24, 2.45) is 0 Å². The van der Waals surface area contributed by atoms with Crippen LogP contribution in [0, 0.1) is 6.92 Å². The Hall–Kier alpha value is -2.87. The Morgan fingerprint density at radius 1 is 1.26 bits per heavy atom. The number of thiophene rings is 1. The van der Waals surface area contributed by atoms with Gasteiger partial charge in [-0.05, 0) is 42.5 Å². The first-order valence-corrected chi connectivity index (χ1v) is 11.4. The normalized spacial score (nSPS) is 21.0. The number of likely N-dealkylation sites (tertiary alicyclic amines) is 1. The van der Waals surface area contributed by atoms with Gasteiger partial charge in [0.15, 0.2) is 0 Å². The average Bonchev–Trinajstić information content (AvgIpc) is 3.02. The fourth-order valence-electron chi connectivity index (χ4n) is 4.03. The summed E-state index contributed by atoms with van der Waals surface area (Å²) in [7, 11) is 1.77. The molecule has 0 radical (unpaired) electrons. The first-order chi connectivity index (χ1) is 14.9. The van der Waals surface area contributed by atoms with Crippen molar-refractivity contribution in [2.45, 2.75) is 38.3 Å². The highest BCUT2D eigenvalue weighted by atomic mass is 32.1. The lowest BCUT2D eigenvalue weighted by Crippen LogP contribution is -2.46. The number of likely N-dealkylation sites (N-methyl/N-ethyl adjacent to an activating group) is 1. The van der Waals surface area contributed by atoms with Gasteiger partial charge in [-0.2, -0.15) is 0 Å². The average molecular weight is 442 g/mol. The lowest BCUT2D eigenvalue weighted by atomic mass is 9.94. The van der Waals surface area contributed by atoms with Crippen LogP contribution in [-0.4, -0.2) is 59.8 Å². The van der Waals surface area contributed by atoms with Crippen molar-refractivity contribution < 1.29 is 19.1 Å². The van der Waals surface area contributed by atoms with Crippen LogP contribution in [0.2, 0.25) is 0 Å². The van der Waals surface area contributed by atoms with Crippen molar-refractivity contribution in [3.8, 4) is 5.75 Å². The van der Waals surface area contributed by atoms with Gasteiger partial charge in [0.2, 0.25) is 11.8 Å². The Morgan fingerprint density at radius 3 is 2.84 bits per heavy atom. The highest BCUT2D eigenvalue weighted by Crippen LogP contribution is 2.33. The SMILES string of the molecule is Cc1ccsc1CN(C)C(=O)CN1CCC2(CCC1=O)CNC(=O)c1ccccc1O2. The Morgan fingerprint density at radius 2 is 2.06 bits per heavy atom. The minimum absolute atomic E-state index is 0.0543. The van der Waals surface area contributed by atoms with Crippen molar-refractivity contribution in [2.75, 3.05) is 26.7 Å². The zero-order chi connectivity index (χ0) is 22.0. The molecule has 0 bridgehead atoms. The lowest BCUT2D eigenvalue weighted by Gasteiger charge is -2.32. The molecule has 4 rings (SSSR count). The number of aryl methyl sites for hydroxylation is 1. The molecule has 1 saturated heterocycles. The number of fused-ring (bicyclic) bond motifs is 1. The number of hydrogen-bond acceptors (Lipinski definition) is 5. The quantitative estimate of drug-likeness (QED) is 0.791. The molecule has 2 aliphatic heterocycles. The first kappa shape index (κ1) is 21.4. The Balaban J connectivity index is 1.42. The summed E-state index contributed by atoms with van der Waals surface area (Å²) < 4.78 is 6.31. The second-order valence-corrected chi connectivity index (χ2v) is 9.31. The van der Waals surface area contributed by atoms with Gasteiger partial charge in [-0.1, -0.05) is 12.1 Å². The van der Waals surface area contributed by atoms with Crippen LogP contribution in [0.3, 0.4) is 0 Å². The fraction of sp³-hybridized carbons (Fsp3) is 0.435. The second kappa shape index (κ2) is 8.70. The minimum Gasteiger partial charge on any atom is -0.485 e. The number of nitrogens with one attached hydrogen (secondary N) is 1. The van der Waals surface area contributed by atoms with Gasteiger partial charge in [-0.3, -0.25) is 14.4 Å². The summed E-state index contributed by atoms with van der Waals surface area (Å²) in [6.45, 7) is 3.38. The fourth-order valence-corrected chi connectivity index (χ4v) is 4.99. The van der Waals surface area contributed by atoms with Gasteiger partial charge in [0, 0.05) is 31.3 Å². The zero-order valence-electron chi connectivity index (χ0n) is 17.8. The minimum atomic E-state index is -0.657. The Kier molecular flexibility index (Phi) is 6.00. The number of carbonyl (C=O) groups excluding carboxylic acids is 3. The second-order valence-electron chi connectivity index (χ2n) is 8.31. The molecule has 0 saturated carbocycles. The maximum Gasteiger partial charge on any atom is 0.255 e. The first-order valence-electron chi connectivity index (χ1n) is 10.5. The van der Waals surface area contributed by atoms with Gasteiger partial charge >= 0.3 is 0 Å². The van der Waals surface area contributed by atoms with Gasteiger partial charge in [0.1, 0.15) is 11.4 Å². The van der Waals surface area contributed by atoms with Gasteiger partial charge in [0.05, 0.1) is 25.2 Å². The van der Waals surface area contributed by atoms with E-state index in [9.17, 15) is 14.4 Å². The van der Waals surface area contributed by atoms with E-state index in [1.807, 2.05) is 24.4 Å². The van der Waals surface area contributed by atoms with Gasteiger partial charge in [-0.25, -0.2) is 0 Å². The molecule has 1 fully saturated rings. The van der Waals surface area contributed by atoms with Crippen molar-refractivity contribution in [3.05, 3.63) is 51.7 Å². The number of benzene rings is 1. The Labute approximate surface area is 186 Å². The summed E-state index contributed by atoms with van der Waals surface area (Å²) in [5.74, 6) is 0.233. The van der Waals surface area contributed by atoms with E-state index in [1.54, 1.807) is 46.4 Å². The smallest absolute Gasteiger partial charge is 0.255 e. The topological polar surface area (TPSA) is 79.0 Å². The van der Waals surface area contributed by atoms with Crippen molar-refractivity contribution in [3.63, 3.8) is 0 Å². The third kappa shape index (κ3) is 4.58. The van der Waals surface area contributed by atoms with Crippen LogP contribution in [0.1, 0.15) is 40.1 Å². The van der Waals surface area contributed by atoms with Gasteiger partial charge in [0.25, 0.3) is 5.91 Å². The third-order valence-electron chi connectivity index (χ3n) is 6.11. The van der Waals surface area contributed by atoms with Crippen LogP contribution in [0.15, 0.2) is 35.7 Å². The molecule has 2 aromatic rings. The monoisotopic (exact) mass is 441 g/mol. The molecule has 7 nitrogen and oxygen atoms in total. The maximum absolute atomic E-state index is 12.8. The predicted octanol–water partition coefficient (Wildman–Crippen LogP) is 2.59. The van der Waals surface area contributed by atoms with Crippen LogP contribution in [0.25, 0.3) is 0 Å². The van der Waals surface area contributed by atoms with Crippen LogP contribution < -0.4 is 10.1 Å². The summed E-state index contributed by atoms with van der Waals surface area (Å²) in [5, 5.41) is 4.96. The Bertz CT molecular complexity index is 1000. The molecule has 3 amide bonds. The largest absolute Gasteiger partial charge is 0.485 e. The molecule has 164 valence electrons. The highest BCUT2D eigenvalue weighted by Gasteiger charge is 2.40. The number of amides is 3. The molecular weight excluding hydrogens is 414 g/mol. The summed E-state index contributed by atoms with van der Waals surface area (Å²) in [4.78, 5) is 42.4. The predicted molar refractivity (Wildman–Crippen MR) is 118 cm³/mol. The van der Waals surface area contributed by atoms with E-state index in [2.05, 4.69) is 5.32 Å². The van der Waals surface area contributed by atoms with E-state index < -0.39 is 5.60 Å². The number of para-hydroxylation sites is 1. The molecule has 1 unspecified atom stereocenters. The molecule has 8 heteroatoms. The zero-order valence-corrected chi connectivity index (χ0v) is 18.7. The molecule has 1 spiro atoms. The maximum atomic E-state index is 12.8. The summed E-state index contributed by atoms with van der Waals surface area (Å²) in [5.41, 5.74) is 1.02. The van der Waals surface area contributed by atoms with Crippen molar-refractivity contribution in [1.29, 1.82) is 0 Å². The summed E-state index contributed by atoms with van der Waals surface area (Å²) in [6.07, 6.45) is 1.32. The lowest BCUT2D eigenvalue weighted by molar-refractivity contribution is -0.139. The molecule has 3 heterocycles. The number of carbonyl (C=O) groups is 3. The number of ether oxygens (including phenoxy) is 1. The van der Waals surface area contributed by atoms with E-state index in [-0.39, 0.29) is 30.7 Å². The van der Waals surface area contributed by atoms with E-state index in [1.165, 1.54) is 5.56 Å². The number of rotatable bonds is 4. The third-order valence-corrected chi connectivity index (χ3v) is 7.12. The molecule has 1 aromatic heterocycles. The van der Waals surface area contributed by atoms with E-state index in [4.69, 9.17) is 4.74 Å². The van der Waals surface area contributed by atoms with E-state index in [0.717, 1.165) is 4.88 Å². The van der Waals surface area contributed by atoms with Gasteiger partial charge < -0.3 is 19.9 Å². The van der Waals surface area contributed by atoms with E-state index in [0.29, 0.717) is 43.8 Å². The molecule has 2 aliphatic rings. The van der Waals surface area contributed by atoms with E-state index >= 15 is 0 Å². The van der Waals surface area contributed by atoms with Gasteiger partial charge in [-0.15, -0.1) is 11.3 Å². The van der Waals surface area contributed by atoms with Crippen molar-refractivity contribution in [1.82, 2.24) is 15.1 Å². The molecule has 1 N–H and O–H groups in total. The molecule has 0 aliphatic carbocycles.